The van der Waals surface area contributed by atoms with Gasteiger partial charge in [0, 0.05) is 29.4 Å². The Morgan fingerprint density at radius 3 is 2.63 bits per heavy atom. The number of benzene rings is 1. The van der Waals surface area contributed by atoms with Crippen LogP contribution in [0.1, 0.15) is 49.7 Å². The largest absolute Gasteiger partial charge is 0.487 e. The van der Waals surface area contributed by atoms with Crippen molar-refractivity contribution in [1.82, 2.24) is 15.2 Å². The minimum absolute atomic E-state index is 0.193. The Kier molecular flexibility index (Phi) is 7.32. The molecule has 0 bridgehead atoms. The molecule has 0 spiro atoms. The van der Waals surface area contributed by atoms with Crippen molar-refractivity contribution in [3.63, 3.8) is 0 Å². The van der Waals surface area contributed by atoms with Gasteiger partial charge in [0.15, 0.2) is 0 Å². The predicted molar refractivity (Wildman–Crippen MR) is 137 cm³/mol. The van der Waals surface area contributed by atoms with E-state index in [2.05, 4.69) is 28.2 Å². The first-order valence-electron chi connectivity index (χ1n) is 11.7. The smallest absolute Gasteiger partial charge is 0.255 e. The number of nitrogens with one attached hydrogen (secondary N) is 1. The Bertz CT molecular complexity index is 1210. The molecule has 4 rings (SSSR count). The second-order valence-corrected chi connectivity index (χ2v) is 9.25. The van der Waals surface area contributed by atoms with Crippen molar-refractivity contribution in [3.05, 3.63) is 119 Å². The van der Waals surface area contributed by atoms with Crippen LogP contribution in [0.15, 0.2) is 108 Å². The summed E-state index contributed by atoms with van der Waals surface area (Å²) in [5.74, 6) is 0.483. The van der Waals surface area contributed by atoms with Crippen LogP contribution in [0.3, 0.4) is 0 Å². The zero-order valence-electron chi connectivity index (χ0n) is 20.4. The number of carbonyl (C=O) groups excluding carboxylic acids is 1. The van der Waals surface area contributed by atoms with Gasteiger partial charge >= 0.3 is 0 Å². The van der Waals surface area contributed by atoms with E-state index in [0.29, 0.717) is 30.0 Å². The molecule has 0 unspecified atom stereocenters. The van der Waals surface area contributed by atoms with Gasteiger partial charge < -0.3 is 20.1 Å². The van der Waals surface area contributed by atoms with Gasteiger partial charge in [-0.05, 0) is 93.8 Å². The molecule has 0 saturated heterocycles. The second-order valence-electron chi connectivity index (χ2n) is 9.25. The highest BCUT2D eigenvalue weighted by molar-refractivity contribution is 5.95. The van der Waals surface area contributed by atoms with Crippen LogP contribution < -0.4 is 10.1 Å². The number of hydrogen-bond acceptors (Lipinski definition) is 5. The number of amides is 1. The maximum Gasteiger partial charge on any atom is 0.255 e. The molecule has 1 aromatic carbocycles. The number of aromatic nitrogens is 1. The van der Waals surface area contributed by atoms with E-state index in [9.17, 15) is 9.90 Å². The number of carbonyl (C=O) groups is 1. The molecule has 1 aromatic heterocycles. The van der Waals surface area contributed by atoms with Crippen molar-refractivity contribution < 1.29 is 14.6 Å². The van der Waals surface area contributed by atoms with Gasteiger partial charge in [0.2, 0.25) is 0 Å². The fourth-order valence-electron chi connectivity index (χ4n) is 3.80. The molecule has 2 aliphatic heterocycles. The molecule has 2 aromatic rings. The van der Waals surface area contributed by atoms with Crippen molar-refractivity contribution >= 4 is 5.91 Å². The van der Waals surface area contributed by atoms with Gasteiger partial charge in [0.05, 0.1) is 17.0 Å². The number of fused-ring (bicyclic) bond motifs is 1. The van der Waals surface area contributed by atoms with Crippen LogP contribution in [0, 0.1) is 0 Å². The SMILES string of the molecule is CC1=C(CCC(C)(C)O)C=CC=C2C=CC(NC(=O)c3ccc(OCc4ccccn4)cc3)=CN21. The average molecular weight is 470 g/mol. The van der Waals surface area contributed by atoms with E-state index in [-0.39, 0.29) is 5.91 Å². The van der Waals surface area contributed by atoms with E-state index in [1.54, 1.807) is 30.5 Å². The lowest BCUT2D eigenvalue weighted by Crippen LogP contribution is -2.27. The Morgan fingerprint density at radius 1 is 1.11 bits per heavy atom. The van der Waals surface area contributed by atoms with E-state index >= 15 is 0 Å². The maximum absolute atomic E-state index is 12.9. The molecule has 180 valence electrons. The molecular weight excluding hydrogens is 438 g/mol. The summed E-state index contributed by atoms with van der Waals surface area (Å²) in [5, 5.41) is 13.1. The molecule has 35 heavy (non-hydrogen) atoms. The highest BCUT2D eigenvalue weighted by Crippen LogP contribution is 2.29. The Balaban J connectivity index is 1.41. The average Bonchev–Trinajstić information content (AvgIpc) is 3.00. The first-order chi connectivity index (χ1) is 16.8. The van der Waals surface area contributed by atoms with Gasteiger partial charge in [-0.25, -0.2) is 0 Å². The van der Waals surface area contributed by atoms with Gasteiger partial charge in [-0.3, -0.25) is 9.78 Å². The molecule has 6 nitrogen and oxygen atoms in total. The van der Waals surface area contributed by atoms with Crippen molar-refractivity contribution in [2.45, 2.75) is 45.8 Å². The summed E-state index contributed by atoms with van der Waals surface area (Å²) in [6.45, 7) is 6.07. The normalized spacial score (nSPS) is 15.3. The summed E-state index contributed by atoms with van der Waals surface area (Å²) < 4.78 is 5.75. The number of rotatable bonds is 8. The standard InChI is InChI=1S/C29H31N3O3/c1-21-22(16-17-29(2,3)34)7-6-9-26-13-12-24(19-32(21)26)31-28(33)23-10-14-27(15-11-23)35-20-25-8-4-5-18-30-25/h4-15,18-19,34H,16-17,20H2,1-3H3,(H,31,33). The molecular formula is C29H31N3O3. The highest BCUT2D eigenvalue weighted by Gasteiger charge is 2.20. The fraction of sp³-hybridized carbons (Fsp3) is 0.241. The van der Waals surface area contributed by atoms with Gasteiger partial charge in [0.25, 0.3) is 5.91 Å². The molecule has 0 atom stereocenters. The number of pyridine rings is 1. The van der Waals surface area contributed by atoms with E-state index < -0.39 is 5.60 Å². The van der Waals surface area contributed by atoms with Crippen LogP contribution in [0.4, 0.5) is 0 Å². The third-order valence-corrected chi connectivity index (χ3v) is 5.86. The highest BCUT2D eigenvalue weighted by atomic mass is 16.5. The third kappa shape index (κ3) is 6.58. The topological polar surface area (TPSA) is 74.7 Å². The molecule has 0 radical (unpaired) electrons. The number of ether oxygens (including phenoxy) is 1. The summed E-state index contributed by atoms with van der Waals surface area (Å²) >= 11 is 0. The summed E-state index contributed by atoms with van der Waals surface area (Å²) in [6.07, 6.45) is 15.1. The lowest BCUT2D eigenvalue weighted by atomic mass is 9.97. The molecule has 6 heteroatoms. The quantitative estimate of drug-likeness (QED) is 0.543. The van der Waals surface area contributed by atoms with Gasteiger partial charge in [-0.15, -0.1) is 0 Å². The second kappa shape index (κ2) is 10.6. The zero-order chi connectivity index (χ0) is 24.8. The van der Waals surface area contributed by atoms with Crippen LogP contribution >= 0.6 is 0 Å². The lowest BCUT2D eigenvalue weighted by Gasteiger charge is -2.28. The van der Waals surface area contributed by atoms with Gasteiger partial charge in [-0.2, -0.15) is 0 Å². The molecule has 0 aliphatic carbocycles. The molecule has 3 heterocycles. The number of hydrogen-bond donors (Lipinski definition) is 2. The van der Waals surface area contributed by atoms with Crippen LogP contribution in [-0.4, -0.2) is 26.5 Å². The minimum atomic E-state index is -0.723. The maximum atomic E-state index is 12.9. The van der Waals surface area contributed by atoms with E-state index in [1.165, 1.54) is 0 Å². The van der Waals surface area contributed by atoms with Crippen LogP contribution in [0.25, 0.3) is 0 Å². The number of aliphatic hydroxyl groups is 1. The van der Waals surface area contributed by atoms with Crippen LogP contribution in [0.5, 0.6) is 5.75 Å². The summed E-state index contributed by atoms with van der Waals surface area (Å²) in [6, 6.07) is 12.7. The van der Waals surface area contributed by atoms with E-state index in [0.717, 1.165) is 29.1 Å². The molecule has 2 N–H and O–H groups in total. The summed E-state index contributed by atoms with van der Waals surface area (Å²) in [5.41, 5.74) is 4.60. The monoisotopic (exact) mass is 469 g/mol. The van der Waals surface area contributed by atoms with Crippen molar-refractivity contribution in [2.24, 2.45) is 0 Å². The lowest BCUT2D eigenvalue weighted by molar-refractivity contribution is 0.0714. The van der Waals surface area contributed by atoms with Gasteiger partial charge in [-0.1, -0.05) is 18.2 Å². The summed E-state index contributed by atoms with van der Waals surface area (Å²) in [7, 11) is 0. The fourth-order valence-corrected chi connectivity index (χ4v) is 3.80. The predicted octanol–water partition coefficient (Wildman–Crippen LogP) is 5.38. The number of allylic oxidation sites excluding steroid dienone is 7. The van der Waals surface area contributed by atoms with Crippen LogP contribution in [0.2, 0.25) is 0 Å². The van der Waals surface area contributed by atoms with Crippen molar-refractivity contribution in [2.75, 3.05) is 0 Å². The third-order valence-electron chi connectivity index (χ3n) is 5.86. The molecule has 0 fully saturated rings. The molecule has 1 amide bonds. The van der Waals surface area contributed by atoms with Crippen molar-refractivity contribution in [1.29, 1.82) is 0 Å². The molecule has 0 saturated carbocycles. The Labute approximate surface area is 206 Å². The van der Waals surface area contributed by atoms with E-state index in [1.807, 2.05) is 62.6 Å². The molecule has 2 aliphatic rings. The Hall–Kier alpha value is -3.90. The zero-order valence-corrected chi connectivity index (χ0v) is 20.4. The minimum Gasteiger partial charge on any atom is -0.487 e. The van der Waals surface area contributed by atoms with Gasteiger partial charge in [0.1, 0.15) is 12.4 Å². The summed E-state index contributed by atoms with van der Waals surface area (Å²) in [4.78, 5) is 19.2. The van der Waals surface area contributed by atoms with Crippen LogP contribution in [-0.2, 0) is 6.61 Å². The first kappa shape index (κ1) is 24.2. The number of nitrogens with zero attached hydrogens (tertiary/aromatic N) is 2. The Morgan fingerprint density at radius 2 is 1.91 bits per heavy atom. The first-order valence-corrected chi connectivity index (χ1v) is 11.7. The van der Waals surface area contributed by atoms with E-state index in [4.69, 9.17) is 4.74 Å². The van der Waals surface area contributed by atoms with Crippen molar-refractivity contribution in [3.8, 4) is 5.75 Å².